The van der Waals surface area contributed by atoms with Crippen molar-refractivity contribution in [2.75, 3.05) is 26.9 Å². The van der Waals surface area contributed by atoms with Crippen molar-refractivity contribution in [3.05, 3.63) is 23.8 Å². The molecule has 1 N–H and O–H groups in total. The van der Waals surface area contributed by atoms with Gasteiger partial charge in [0, 0.05) is 25.3 Å². The molecule has 0 saturated carbocycles. The molecule has 1 aromatic carbocycles. The van der Waals surface area contributed by atoms with Crippen LogP contribution in [0.2, 0.25) is 0 Å². The Balaban J connectivity index is 1.80. The maximum atomic E-state index is 11.3. The van der Waals surface area contributed by atoms with Crippen LogP contribution in [-0.4, -0.2) is 38.9 Å². The zero-order valence-corrected chi connectivity index (χ0v) is 11.6. The number of rotatable bonds is 4. The number of hydrogen-bond donors (Lipinski definition) is 1. The van der Waals surface area contributed by atoms with Gasteiger partial charge in [0.05, 0.1) is 20.3 Å². The molecule has 0 bridgehead atoms. The van der Waals surface area contributed by atoms with Gasteiger partial charge in [-0.15, -0.1) is 0 Å². The first kappa shape index (κ1) is 13.2. The molecule has 0 radical (unpaired) electrons. The Hall–Kier alpha value is -1.75. The Labute approximate surface area is 118 Å². The zero-order chi connectivity index (χ0) is 13.9. The number of nitrogens with one attached hydrogen (secondary N) is 1. The highest BCUT2D eigenvalue weighted by Gasteiger charge is 2.25. The summed E-state index contributed by atoms with van der Waals surface area (Å²) in [5.74, 6) is 1.78. The lowest BCUT2D eigenvalue weighted by molar-refractivity contribution is -0.119. The third-order valence-corrected chi connectivity index (χ3v) is 3.82. The predicted octanol–water partition coefficient (Wildman–Crippen LogP) is 1.47. The van der Waals surface area contributed by atoms with Crippen LogP contribution in [0, 0.1) is 0 Å². The normalized spacial score (nSPS) is 25.6. The number of ether oxygens (including phenoxy) is 3. The molecule has 0 spiro atoms. The summed E-state index contributed by atoms with van der Waals surface area (Å²) in [5.41, 5.74) is 1.11. The van der Waals surface area contributed by atoms with E-state index in [0.717, 1.165) is 30.1 Å². The van der Waals surface area contributed by atoms with Crippen molar-refractivity contribution < 1.29 is 19.0 Å². The van der Waals surface area contributed by atoms with Crippen molar-refractivity contribution >= 4 is 5.91 Å². The summed E-state index contributed by atoms with van der Waals surface area (Å²) in [6.45, 7) is 2.06. The third-order valence-electron chi connectivity index (χ3n) is 3.82. The zero-order valence-electron chi connectivity index (χ0n) is 11.6. The van der Waals surface area contributed by atoms with Gasteiger partial charge in [0.25, 0.3) is 0 Å². The Morgan fingerprint density at radius 1 is 1.35 bits per heavy atom. The Morgan fingerprint density at radius 3 is 2.90 bits per heavy atom. The van der Waals surface area contributed by atoms with Crippen molar-refractivity contribution in [2.45, 2.75) is 24.9 Å². The predicted molar refractivity (Wildman–Crippen MR) is 73.2 cm³/mol. The Kier molecular flexibility index (Phi) is 3.78. The lowest BCUT2D eigenvalue weighted by Crippen LogP contribution is -2.16. The summed E-state index contributed by atoms with van der Waals surface area (Å²) in [6.07, 6.45) is 1.53. The van der Waals surface area contributed by atoms with Crippen molar-refractivity contribution in [1.82, 2.24) is 5.32 Å². The van der Waals surface area contributed by atoms with Gasteiger partial charge in [-0.2, -0.15) is 0 Å². The number of hydrogen-bond acceptors (Lipinski definition) is 4. The van der Waals surface area contributed by atoms with Crippen LogP contribution >= 0.6 is 0 Å². The molecular weight excluding hydrogens is 258 g/mol. The second-order valence-electron chi connectivity index (χ2n) is 5.22. The Morgan fingerprint density at radius 2 is 2.25 bits per heavy atom. The van der Waals surface area contributed by atoms with E-state index in [0.29, 0.717) is 19.6 Å². The fourth-order valence-corrected chi connectivity index (χ4v) is 2.67. The summed E-state index contributed by atoms with van der Waals surface area (Å²) in [4.78, 5) is 11.3. The molecule has 2 aliphatic heterocycles. The number of carbonyl (C=O) groups excluding carboxylic acids is 1. The molecule has 1 amide bonds. The van der Waals surface area contributed by atoms with Crippen LogP contribution in [0.25, 0.3) is 0 Å². The molecule has 2 heterocycles. The molecule has 2 aliphatic rings. The number of amides is 1. The SMILES string of the molecule is COc1ccc(C2CNC(=O)C2)cc1O[C@H]1CCOC1. The molecule has 1 unspecified atom stereocenters. The van der Waals surface area contributed by atoms with E-state index in [4.69, 9.17) is 14.2 Å². The van der Waals surface area contributed by atoms with Crippen LogP contribution in [0.4, 0.5) is 0 Å². The molecule has 2 fully saturated rings. The lowest BCUT2D eigenvalue weighted by atomic mass is 9.98. The van der Waals surface area contributed by atoms with Gasteiger partial charge in [0.15, 0.2) is 11.5 Å². The molecule has 1 aromatic rings. The minimum atomic E-state index is 0.0856. The first-order valence-corrected chi connectivity index (χ1v) is 6.95. The summed E-state index contributed by atoms with van der Waals surface area (Å²) in [5, 5.41) is 2.86. The van der Waals surface area contributed by atoms with Crippen molar-refractivity contribution in [1.29, 1.82) is 0 Å². The summed E-state index contributed by atoms with van der Waals surface area (Å²) in [7, 11) is 1.63. The minimum Gasteiger partial charge on any atom is -0.493 e. The van der Waals surface area contributed by atoms with Gasteiger partial charge in [0.2, 0.25) is 5.91 Å². The van der Waals surface area contributed by atoms with E-state index in [1.165, 1.54) is 0 Å². The largest absolute Gasteiger partial charge is 0.493 e. The van der Waals surface area contributed by atoms with Gasteiger partial charge in [-0.1, -0.05) is 6.07 Å². The van der Waals surface area contributed by atoms with Crippen molar-refractivity contribution in [2.24, 2.45) is 0 Å². The maximum Gasteiger partial charge on any atom is 0.220 e. The molecule has 2 saturated heterocycles. The first-order valence-electron chi connectivity index (χ1n) is 6.95. The van der Waals surface area contributed by atoms with Gasteiger partial charge in [-0.05, 0) is 17.7 Å². The fourth-order valence-electron chi connectivity index (χ4n) is 2.67. The molecule has 3 rings (SSSR count). The maximum absolute atomic E-state index is 11.3. The molecule has 108 valence electrons. The van der Waals surface area contributed by atoms with E-state index >= 15 is 0 Å². The van der Waals surface area contributed by atoms with Gasteiger partial charge >= 0.3 is 0 Å². The highest BCUT2D eigenvalue weighted by Crippen LogP contribution is 2.34. The third kappa shape index (κ3) is 2.72. The van der Waals surface area contributed by atoms with Crippen molar-refractivity contribution in [3.8, 4) is 11.5 Å². The van der Waals surface area contributed by atoms with Crippen LogP contribution in [0.1, 0.15) is 24.3 Å². The number of methoxy groups -OCH3 is 1. The van der Waals surface area contributed by atoms with Crippen LogP contribution < -0.4 is 14.8 Å². The lowest BCUT2D eigenvalue weighted by Gasteiger charge is -2.17. The second kappa shape index (κ2) is 5.71. The van der Waals surface area contributed by atoms with Crippen LogP contribution in [0.5, 0.6) is 11.5 Å². The average Bonchev–Trinajstić information content (AvgIpc) is 3.10. The van der Waals surface area contributed by atoms with Crippen LogP contribution in [0.15, 0.2) is 18.2 Å². The molecule has 5 nitrogen and oxygen atoms in total. The van der Waals surface area contributed by atoms with Gasteiger partial charge in [-0.25, -0.2) is 0 Å². The number of benzene rings is 1. The molecular formula is C15H19NO4. The molecule has 20 heavy (non-hydrogen) atoms. The van der Waals surface area contributed by atoms with Gasteiger partial charge in [-0.3, -0.25) is 4.79 Å². The molecule has 0 aliphatic carbocycles. The standard InChI is InChI=1S/C15H19NO4/c1-18-13-3-2-10(11-7-15(17)16-8-11)6-14(13)20-12-4-5-19-9-12/h2-3,6,11-12H,4-5,7-9H2,1H3,(H,16,17)/t11?,12-/m0/s1. The first-order chi connectivity index (χ1) is 9.76. The van der Waals surface area contributed by atoms with E-state index in [2.05, 4.69) is 5.32 Å². The van der Waals surface area contributed by atoms with E-state index in [-0.39, 0.29) is 17.9 Å². The summed E-state index contributed by atoms with van der Waals surface area (Å²) >= 11 is 0. The van der Waals surface area contributed by atoms with Gasteiger partial charge < -0.3 is 19.5 Å². The van der Waals surface area contributed by atoms with E-state index in [1.54, 1.807) is 7.11 Å². The summed E-state index contributed by atoms with van der Waals surface area (Å²) in [6, 6.07) is 5.90. The highest BCUT2D eigenvalue weighted by molar-refractivity contribution is 5.79. The summed E-state index contributed by atoms with van der Waals surface area (Å²) < 4.78 is 16.6. The monoisotopic (exact) mass is 277 g/mol. The molecule has 2 atom stereocenters. The van der Waals surface area contributed by atoms with Gasteiger partial charge in [0.1, 0.15) is 6.10 Å². The molecule has 0 aromatic heterocycles. The van der Waals surface area contributed by atoms with E-state index in [9.17, 15) is 4.79 Å². The van der Waals surface area contributed by atoms with E-state index in [1.807, 2.05) is 18.2 Å². The smallest absolute Gasteiger partial charge is 0.220 e. The van der Waals surface area contributed by atoms with Crippen LogP contribution in [0.3, 0.4) is 0 Å². The second-order valence-corrected chi connectivity index (χ2v) is 5.22. The topological polar surface area (TPSA) is 56.8 Å². The van der Waals surface area contributed by atoms with E-state index < -0.39 is 0 Å². The molecule has 5 heteroatoms. The fraction of sp³-hybridized carbons (Fsp3) is 0.533. The quantitative estimate of drug-likeness (QED) is 0.905. The Bertz CT molecular complexity index is 497. The number of carbonyl (C=O) groups is 1. The average molecular weight is 277 g/mol. The van der Waals surface area contributed by atoms with Crippen molar-refractivity contribution in [3.63, 3.8) is 0 Å². The minimum absolute atomic E-state index is 0.0856. The highest BCUT2D eigenvalue weighted by atomic mass is 16.6. The van der Waals surface area contributed by atoms with Crippen LogP contribution in [-0.2, 0) is 9.53 Å².